The predicted molar refractivity (Wildman–Crippen MR) is 138 cm³/mol. The molecule has 0 aliphatic heterocycles. The van der Waals surface area contributed by atoms with Crippen LogP contribution in [0.5, 0.6) is 5.75 Å². The largest absolute Gasteiger partial charge is 0.497 e. The molecule has 0 bridgehead atoms. The standard InChI is InChI=1S/C26H29N3O6S/c1-19-6-9-21(10-7-19)5-4-16-27-26(30)18-28(22-11-13-23(35-3)14-12-22)36(33,34)24-15-8-20(2)25(17-24)29(31)32/h6-15,17H,4-5,16,18H2,1-3H3,(H,27,30). The smallest absolute Gasteiger partial charge is 0.273 e. The molecule has 9 nitrogen and oxygen atoms in total. The summed E-state index contributed by atoms with van der Waals surface area (Å²) in [6.07, 6.45) is 1.46. The second-order valence-electron chi connectivity index (χ2n) is 8.35. The lowest BCUT2D eigenvalue weighted by Crippen LogP contribution is -2.41. The number of benzene rings is 3. The van der Waals surface area contributed by atoms with Crippen molar-refractivity contribution in [3.8, 4) is 5.75 Å². The van der Waals surface area contributed by atoms with E-state index in [0.29, 0.717) is 24.3 Å². The molecule has 3 aromatic rings. The lowest BCUT2D eigenvalue weighted by Gasteiger charge is -2.24. The predicted octanol–water partition coefficient (Wildman–Crippen LogP) is 4.16. The Morgan fingerprint density at radius 3 is 2.31 bits per heavy atom. The van der Waals surface area contributed by atoms with Gasteiger partial charge in [-0.05, 0) is 62.6 Å². The van der Waals surface area contributed by atoms with Crippen molar-refractivity contribution < 1.29 is 22.9 Å². The van der Waals surface area contributed by atoms with Crippen LogP contribution in [0.2, 0.25) is 0 Å². The number of anilines is 1. The summed E-state index contributed by atoms with van der Waals surface area (Å²) in [5, 5.41) is 14.1. The summed E-state index contributed by atoms with van der Waals surface area (Å²) in [4.78, 5) is 23.2. The van der Waals surface area contributed by atoms with Crippen LogP contribution >= 0.6 is 0 Å². The molecule has 3 aromatic carbocycles. The van der Waals surface area contributed by atoms with Crippen LogP contribution in [0, 0.1) is 24.0 Å². The second-order valence-corrected chi connectivity index (χ2v) is 10.2. The fraction of sp³-hybridized carbons (Fsp3) is 0.269. The van der Waals surface area contributed by atoms with Crippen LogP contribution in [0.15, 0.2) is 71.6 Å². The highest BCUT2D eigenvalue weighted by Gasteiger charge is 2.29. The molecule has 0 aromatic heterocycles. The zero-order valence-corrected chi connectivity index (χ0v) is 21.2. The lowest BCUT2D eigenvalue weighted by molar-refractivity contribution is -0.385. The van der Waals surface area contributed by atoms with Gasteiger partial charge in [0.2, 0.25) is 5.91 Å². The third kappa shape index (κ3) is 6.60. The Kier molecular flexibility index (Phi) is 8.65. The monoisotopic (exact) mass is 511 g/mol. The molecule has 0 unspecified atom stereocenters. The van der Waals surface area contributed by atoms with Crippen molar-refractivity contribution in [3.63, 3.8) is 0 Å². The Labute approximate surface area is 210 Å². The molecule has 3 rings (SSSR count). The number of carbonyl (C=O) groups is 1. The molecule has 190 valence electrons. The van der Waals surface area contributed by atoms with E-state index in [4.69, 9.17) is 4.74 Å². The Morgan fingerprint density at radius 2 is 1.69 bits per heavy atom. The average molecular weight is 512 g/mol. The minimum Gasteiger partial charge on any atom is -0.497 e. The third-order valence-corrected chi connectivity index (χ3v) is 7.47. The van der Waals surface area contributed by atoms with E-state index in [9.17, 15) is 23.3 Å². The summed E-state index contributed by atoms with van der Waals surface area (Å²) in [7, 11) is -2.81. The number of hydrogen-bond acceptors (Lipinski definition) is 6. The SMILES string of the molecule is COc1ccc(N(CC(=O)NCCCc2ccc(C)cc2)S(=O)(=O)c2ccc(C)c([N+](=O)[O-])c2)cc1. The van der Waals surface area contributed by atoms with E-state index in [1.54, 1.807) is 12.1 Å². The molecule has 1 N–H and O–H groups in total. The number of amides is 1. The minimum absolute atomic E-state index is 0.230. The normalized spacial score (nSPS) is 11.1. The van der Waals surface area contributed by atoms with Crippen molar-refractivity contribution in [2.45, 2.75) is 31.6 Å². The molecule has 0 radical (unpaired) electrons. The lowest BCUT2D eigenvalue weighted by atomic mass is 10.1. The van der Waals surface area contributed by atoms with Gasteiger partial charge >= 0.3 is 0 Å². The van der Waals surface area contributed by atoms with Gasteiger partial charge in [0.25, 0.3) is 15.7 Å². The minimum atomic E-state index is -4.29. The van der Waals surface area contributed by atoms with Crippen LogP contribution < -0.4 is 14.4 Å². The number of carbonyl (C=O) groups excluding carboxylic acids is 1. The molecule has 0 saturated heterocycles. The summed E-state index contributed by atoms with van der Waals surface area (Å²) in [6, 6.07) is 18.0. The number of ether oxygens (including phenoxy) is 1. The highest BCUT2D eigenvalue weighted by molar-refractivity contribution is 7.92. The molecule has 0 atom stereocenters. The van der Waals surface area contributed by atoms with Crippen LogP contribution in [0.1, 0.15) is 23.1 Å². The third-order valence-electron chi connectivity index (χ3n) is 5.70. The van der Waals surface area contributed by atoms with Gasteiger partial charge in [-0.3, -0.25) is 19.2 Å². The van der Waals surface area contributed by atoms with Crippen molar-refractivity contribution in [1.82, 2.24) is 5.32 Å². The van der Waals surface area contributed by atoms with E-state index in [1.165, 1.54) is 43.9 Å². The maximum Gasteiger partial charge on any atom is 0.273 e. The Balaban J connectivity index is 1.79. The van der Waals surface area contributed by atoms with Gasteiger partial charge in [-0.1, -0.05) is 35.9 Å². The number of aryl methyl sites for hydroxylation is 3. The molecule has 0 aliphatic carbocycles. The van der Waals surface area contributed by atoms with Gasteiger partial charge in [0, 0.05) is 18.2 Å². The van der Waals surface area contributed by atoms with E-state index in [0.717, 1.165) is 22.4 Å². The number of nitrogens with one attached hydrogen (secondary N) is 1. The van der Waals surface area contributed by atoms with Gasteiger partial charge in [-0.2, -0.15) is 0 Å². The Hall–Kier alpha value is -3.92. The average Bonchev–Trinajstić information content (AvgIpc) is 2.86. The molecule has 36 heavy (non-hydrogen) atoms. The van der Waals surface area contributed by atoms with Gasteiger partial charge in [0.15, 0.2) is 0 Å². The first kappa shape index (κ1) is 26.7. The topological polar surface area (TPSA) is 119 Å². The number of rotatable bonds is 11. The van der Waals surface area contributed by atoms with E-state index >= 15 is 0 Å². The zero-order valence-electron chi connectivity index (χ0n) is 20.4. The molecule has 1 amide bonds. The number of methoxy groups -OCH3 is 1. The van der Waals surface area contributed by atoms with Crippen LogP contribution in [0.4, 0.5) is 11.4 Å². The van der Waals surface area contributed by atoms with Crippen molar-refractivity contribution in [3.05, 3.63) is 93.5 Å². The van der Waals surface area contributed by atoms with Crippen LogP contribution in [-0.4, -0.2) is 39.4 Å². The Bertz CT molecular complexity index is 1320. The van der Waals surface area contributed by atoms with Gasteiger partial charge < -0.3 is 10.1 Å². The van der Waals surface area contributed by atoms with Crippen LogP contribution in [-0.2, 0) is 21.2 Å². The quantitative estimate of drug-likeness (QED) is 0.235. The van der Waals surface area contributed by atoms with Crippen molar-refractivity contribution in [1.29, 1.82) is 0 Å². The summed E-state index contributed by atoms with van der Waals surface area (Å²) >= 11 is 0. The van der Waals surface area contributed by atoms with E-state index in [2.05, 4.69) is 5.32 Å². The molecule has 0 heterocycles. The molecular formula is C26H29N3O6S. The molecule has 10 heteroatoms. The molecule has 0 saturated carbocycles. The zero-order chi connectivity index (χ0) is 26.3. The fourth-order valence-corrected chi connectivity index (χ4v) is 5.04. The number of hydrogen-bond donors (Lipinski definition) is 1. The summed E-state index contributed by atoms with van der Waals surface area (Å²) in [5.74, 6) is 0.0301. The summed E-state index contributed by atoms with van der Waals surface area (Å²) < 4.78 is 33.2. The van der Waals surface area contributed by atoms with E-state index in [1.807, 2.05) is 31.2 Å². The van der Waals surface area contributed by atoms with Gasteiger partial charge in [0.1, 0.15) is 12.3 Å². The summed E-state index contributed by atoms with van der Waals surface area (Å²) in [5.41, 5.74) is 2.57. The van der Waals surface area contributed by atoms with Crippen molar-refractivity contribution in [2.75, 3.05) is 24.5 Å². The fourth-order valence-electron chi connectivity index (χ4n) is 3.60. The van der Waals surface area contributed by atoms with Crippen LogP contribution in [0.3, 0.4) is 0 Å². The maximum absolute atomic E-state index is 13.5. The van der Waals surface area contributed by atoms with Crippen molar-refractivity contribution in [2.24, 2.45) is 0 Å². The molecular weight excluding hydrogens is 482 g/mol. The highest BCUT2D eigenvalue weighted by atomic mass is 32.2. The second kappa shape index (κ2) is 11.7. The number of nitro groups is 1. The highest BCUT2D eigenvalue weighted by Crippen LogP contribution is 2.29. The number of nitro benzene ring substituents is 1. The van der Waals surface area contributed by atoms with Crippen LogP contribution in [0.25, 0.3) is 0 Å². The maximum atomic E-state index is 13.5. The van der Waals surface area contributed by atoms with E-state index < -0.39 is 27.4 Å². The van der Waals surface area contributed by atoms with Gasteiger partial charge in [-0.15, -0.1) is 0 Å². The van der Waals surface area contributed by atoms with Crippen molar-refractivity contribution >= 4 is 27.3 Å². The van der Waals surface area contributed by atoms with Gasteiger partial charge in [0.05, 0.1) is 22.6 Å². The summed E-state index contributed by atoms with van der Waals surface area (Å²) in [6.45, 7) is 3.43. The first-order valence-corrected chi connectivity index (χ1v) is 12.8. The first-order chi connectivity index (χ1) is 17.1. The van der Waals surface area contributed by atoms with E-state index in [-0.39, 0.29) is 16.3 Å². The molecule has 0 fully saturated rings. The number of sulfonamides is 1. The van der Waals surface area contributed by atoms with Gasteiger partial charge in [-0.25, -0.2) is 8.42 Å². The Morgan fingerprint density at radius 1 is 1.03 bits per heavy atom. The molecule has 0 spiro atoms. The molecule has 0 aliphatic rings. The first-order valence-electron chi connectivity index (χ1n) is 11.4. The number of nitrogens with zero attached hydrogens (tertiary/aromatic N) is 2.